The van der Waals surface area contributed by atoms with Crippen LogP contribution in [-0.4, -0.2) is 22.2 Å². The maximum atomic E-state index is 10.3. The van der Waals surface area contributed by atoms with Gasteiger partial charge in [0.25, 0.3) is 0 Å². The number of hydrogen-bond acceptors (Lipinski definition) is 2. The lowest BCUT2D eigenvalue weighted by atomic mass is 10.2. The molecule has 0 saturated carbocycles. The van der Waals surface area contributed by atoms with Gasteiger partial charge < -0.3 is 10.2 Å². The highest BCUT2D eigenvalue weighted by molar-refractivity contribution is 5.85. The van der Waals surface area contributed by atoms with E-state index in [0.29, 0.717) is 12.8 Å². The Bertz CT molecular complexity index is 250. The second-order valence-electron chi connectivity index (χ2n) is 2.51. The summed E-state index contributed by atoms with van der Waals surface area (Å²) in [6.07, 6.45) is 5.19. The summed E-state index contributed by atoms with van der Waals surface area (Å²) >= 11 is 0. The van der Waals surface area contributed by atoms with Gasteiger partial charge in [0.15, 0.2) is 0 Å². The summed E-state index contributed by atoms with van der Waals surface area (Å²) in [6.45, 7) is 1.50. The van der Waals surface area contributed by atoms with Crippen LogP contribution in [0.4, 0.5) is 0 Å². The van der Waals surface area contributed by atoms with Gasteiger partial charge in [0, 0.05) is 11.6 Å². The second-order valence-corrected chi connectivity index (χ2v) is 2.51. The number of carboxylic acids is 2. The van der Waals surface area contributed by atoms with Crippen LogP contribution in [0.1, 0.15) is 19.8 Å². The summed E-state index contributed by atoms with van der Waals surface area (Å²) in [5, 5.41) is 16.7. The number of hydrogen-bond donors (Lipinski definition) is 2. The first kappa shape index (κ1) is 11.4. The molecule has 0 fully saturated rings. The summed E-state index contributed by atoms with van der Waals surface area (Å²) in [5.74, 6) is -1.93. The van der Waals surface area contributed by atoms with E-state index in [1.165, 1.54) is 13.0 Å². The van der Waals surface area contributed by atoms with Gasteiger partial charge in [-0.3, -0.25) is 0 Å². The van der Waals surface area contributed by atoms with E-state index in [2.05, 4.69) is 0 Å². The molecule has 72 valence electrons. The van der Waals surface area contributed by atoms with Crippen LogP contribution in [0.15, 0.2) is 23.8 Å². The van der Waals surface area contributed by atoms with E-state index in [0.717, 1.165) is 6.08 Å². The first-order valence-electron chi connectivity index (χ1n) is 3.83. The smallest absolute Gasteiger partial charge is 0.330 e. The summed E-state index contributed by atoms with van der Waals surface area (Å²) in [6, 6.07) is 0. The van der Waals surface area contributed by atoms with Crippen LogP contribution in [0.2, 0.25) is 0 Å². The Morgan fingerprint density at radius 3 is 2.31 bits per heavy atom. The highest BCUT2D eigenvalue weighted by atomic mass is 16.4. The molecule has 0 aliphatic carbocycles. The Hall–Kier alpha value is -1.58. The molecule has 4 nitrogen and oxygen atoms in total. The fraction of sp³-hybridized carbons (Fsp3) is 0.333. The minimum Gasteiger partial charge on any atom is -0.478 e. The second kappa shape index (κ2) is 5.99. The number of aliphatic carboxylic acids is 2. The molecule has 0 radical (unpaired) electrons. The van der Waals surface area contributed by atoms with Crippen LogP contribution in [0.25, 0.3) is 0 Å². The Kier molecular flexibility index (Phi) is 5.27. The third-order valence-corrected chi connectivity index (χ3v) is 1.38. The molecule has 0 aliphatic rings. The lowest BCUT2D eigenvalue weighted by Gasteiger charge is -1.91. The average molecular weight is 184 g/mol. The van der Waals surface area contributed by atoms with Gasteiger partial charge in [0.05, 0.1) is 0 Å². The predicted octanol–water partition coefficient (Wildman–Crippen LogP) is 1.44. The molecular weight excluding hydrogens is 172 g/mol. The van der Waals surface area contributed by atoms with E-state index in [1.54, 1.807) is 6.08 Å². The number of rotatable bonds is 5. The van der Waals surface area contributed by atoms with Crippen LogP contribution in [0, 0.1) is 0 Å². The number of carbonyl (C=O) groups is 2. The SMILES string of the molecule is CC(=CCCC=CC(=O)O)C(=O)O. The van der Waals surface area contributed by atoms with Gasteiger partial charge in [0.2, 0.25) is 0 Å². The van der Waals surface area contributed by atoms with E-state index < -0.39 is 11.9 Å². The standard InChI is InChI=1S/C9H12O4/c1-7(9(12)13)5-3-2-4-6-8(10)11/h4-6H,2-3H2,1H3,(H,10,11)(H,12,13). The monoisotopic (exact) mass is 184 g/mol. The van der Waals surface area contributed by atoms with E-state index in [1.807, 2.05) is 0 Å². The van der Waals surface area contributed by atoms with Crippen molar-refractivity contribution in [2.24, 2.45) is 0 Å². The molecule has 0 unspecified atom stereocenters. The van der Waals surface area contributed by atoms with E-state index in [-0.39, 0.29) is 5.57 Å². The highest BCUT2D eigenvalue weighted by Gasteiger charge is 1.96. The molecular formula is C9H12O4. The van der Waals surface area contributed by atoms with Crippen LogP contribution < -0.4 is 0 Å². The molecule has 0 atom stereocenters. The van der Waals surface area contributed by atoms with Crippen molar-refractivity contribution in [2.45, 2.75) is 19.8 Å². The minimum absolute atomic E-state index is 0.281. The molecule has 0 saturated heterocycles. The largest absolute Gasteiger partial charge is 0.478 e. The molecule has 0 aliphatic heterocycles. The van der Waals surface area contributed by atoms with Crippen LogP contribution in [0.5, 0.6) is 0 Å². The molecule has 13 heavy (non-hydrogen) atoms. The van der Waals surface area contributed by atoms with Gasteiger partial charge in [-0.1, -0.05) is 12.2 Å². The van der Waals surface area contributed by atoms with Gasteiger partial charge in [-0.05, 0) is 19.8 Å². The zero-order chi connectivity index (χ0) is 10.3. The lowest BCUT2D eigenvalue weighted by molar-refractivity contribution is -0.133. The highest BCUT2D eigenvalue weighted by Crippen LogP contribution is 1.99. The molecule has 2 N–H and O–H groups in total. The van der Waals surface area contributed by atoms with Crippen molar-refractivity contribution in [3.05, 3.63) is 23.8 Å². The maximum Gasteiger partial charge on any atom is 0.330 e. The van der Waals surface area contributed by atoms with Crippen molar-refractivity contribution in [3.8, 4) is 0 Å². The quantitative estimate of drug-likeness (QED) is 0.500. The maximum absolute atomic E-state index is 10.3. The first-order valence-corrected chi connectivity index (χ1v) is 3.83. The van der Waals surface area contributed by atoms with Gasteiger partial charge >= 0.3 is 11.9 Å². The van der Waals surface area contributed by atoms with Crippen LogP contribution >= 0.6 is 0 Å². The van der Waals surface area contributed by atoms with Gasteiger partial charge in [-0.25, -0.2) is 9.59 Å². The third-order valence-electron chi connectivity index (χ3n) is 1.38. The zero-order valence-electron chi connectivity index (χ0n) is 7.36. The van der Waals surface area contributed by atoms with Crippen LogP contribution in [-0.2, 0) is 9.59 Å². The first-order chi connectivity index (χ1) is 6.04. The van der Waals surface area contributed by atoms with E-state index in [9.17, 15) is 9.59 Å². The molecule has 4 heteroatoms. The fourth-order valence-electron chi connectivity index (χ4n) is 0.668. The summed E-state index contributed by atoms with van der Waals surface area (Å²) < 4.78 is 0. The van der Waals surface area contributed by atoms with Gasteiger partial charge in [-0.2, -0.15) is 0 Å². The Morgan fingerprint density at radius 2 is 1.85 bits per heavy atom. The summed E-state index contributed by atoms with van der Waals surface area (Å²) in [7, 11) is 0. The van der Waals surface area contributed by atoms with Crippen molar-refractivity contribution in [3.63, 3.8) is 0 Å². The van der Waals surface area contributed by atoms with Gasteiger partial charge in [-0.15, -0.1) is 0 Å². The Balaban J connectivity index is 3.73. The van der Waals surface area contributed by atoms with Crippen molar-refractivity contribution >= 4 is 11.9 Å². The topological polar surface area (TPSA) is 74.6 Å². The summed E-state index contributed by atoms with van der Waals surface area (Å²) in [5.41, 5.74) is 0.281. The Morgan fingerprint density at radius 1 is 1.23 bits per heavy atom. The normalized spacial score (nSPS) is 11.9. The van der Waals surface area contributed by atoms with Crippen LogP contribution in [0.3, 0.4) is 0 Å². The summed E-state index contributed by atoms with van der Waals surface area (Å²) in [4.78, 5) is 20.3. The third kappa shape index (κ3) is 6.80. The number of carboxylic acid groups (broad SMARTS) is 2. The van der Waals surface area contributed by atoms with E-state index >= 15 is 0 Å². The molecule has 0 aromatic carbocycles. The molecule has 0 rings (SSSR count). The van der Waals surface area contributed by atoms with Crippen molar-refractivity contribution < 1.29 is 19.8 Å². The predicted molar refractivity (Wildman–Crippen MR) is 47.4 cm³/mol. The van der Waals surface area contributed by atoms with E-state index in [4.69, 9.17) is 10.2 Å². The molecule has 0 bridgehead atoms. The minimum atomic E-state index is -0.987. The van der Waals surface area contributed by atoms with Gasteiger partial charge in [0.1, 0.15) is 0 Å². The zero-order valence-corrected chi connectivity index (χ0v) is 7.36. The average Bonchev–Trinajstić information content (AvgIpc) is 2.02. The molecule has 0 spiro atoms. The lowest BCUT2D eigenvalue weighted by Crippen LogP contribution is -1.95. The molecule has 0 aromatic heterocycles. The number of allylic oxidation sites excluding steroid dienone is 2. The molecule has 0 heterocycles. The Labute approximate surface area is 76.2 Å². The van der Waals surface area contributed by atoms with Crippen molar-refractivity contribution in [1.82, 2.24) is 0 Å². The molecule has 0 amide bonds. The fourth-order valence-corrected chi connectivity index (χ4v) is 0.668. The number of unbranched alkanes of at least 4 members (excludes halogenated alkanes) is 1. The molecule has 0 aromatic rings. The van der Waals surface area contributed by atoms with Crippen molar-refractivity contribution in [1.29, 1.82) is 0 Å². The van der Waals surface area contributed by atoms with Crippen molar-refractivity contribution in [2.75, 3.05) is 0 Å².